The predicted molar refractivity (Wildman–Crippen MR) is 127 cm³/mol. The van der Waals surface area contributed by atoms with E-state index >= 15 is 0 Å². The minimum absolute atomic E-state index is 0.553. The fourth-order valence-electron chi connectivity index (χ4n) is 8.88. The summed E-state index contributed by atoms with van der Waals surface area (Å²) in [5.41, 5.74) is 3.00. The third-order valence-electron chi connectivity index (χ3n) is 10.7. The standard InChI is InChI=1S/C29H48/c1-7-22(20(2)3)12-11-21(4)25-15-16-26-24-14-13-23-10-8-9-18-28(23,5)27(24)17-19-29(25,26)6/h11-13,20-22,24-27H,7-10,14-19H2,1-6H3. The average molecular weight is 397 g/mol. The first kappa shape index (κ1) is 21.7. The van der Waals surface area contributed by atoms with Gasteiger partial charge in [-0.05, 0) is 110 Å². The SMILES string of the molecule is CCC(C=CC(C)C1CCC2C3CC=C4CCCCC4(C)C3CCC12C)C(C)C. The quantitative estimate of drug-likeness (QED) is 0.407. The van der Waals surface area contributed by atoms with E-state index in [4.69, 9.17) is 0 Å². The van der Waals surface area contributed by atoms with E-state index in [2.05, 4.69) is 59.8 Å². The van der Waals surface area contributed by atoms with E-state index in [0.717, 1.165) is 41.4 Å². The highest BCUT2D eigenvalue weighted by molar-refractivity contribution is 5.24. The number of fused-ring (bicyclic) bond motifs is 5. The van der Waals surface area contributed by atoms with Gasteiger partial charge >= 0.3 is 0 Å². The number of rotatable bonds is 5. The van der Waals surface area contributed by atoms with Crippen LogP contribution in [0.2, 0.25) is 0 Å². The zero-order chi connectivity index (χ0) is 20.8. The van der Waals surface area contributed by atoms with Gasteiger partial charge in [0, 0.05) is 0 Å². The van der Waals surface area contributed by atoms with Crippen LogP contribution in [0.25, 0.3) is 0 Å². The molecule has 4 aliphatic rings. The second-order valence-electron chi connectivity index (χ2n) is 12.3. The second-order valence-corrected chi connectivity index (χ2v) is 12.3. The molecule has 0 bridgehead atoms. The molecule has 4 rings (SSSR count). The van der Waals surface area contributed by atoms with Crippen LogP contribution in [-0.4, -0.2) is 0 Å². The summed E-state index contributed by atoms with van der Waals surface area (Å²) in [7, 11) is 0. The molecular weight excluding hydrogens is 348 g/mol. The molecule has 3 saturated carbocycles. The molecule has 8 atom stereocenters. The van der Waals surface area contributed by atoms with Gasteiger partial charge in [0.1, 0.15) is 0 Å². The van der Waals surface area contributed by atoms with Crippen molar-refractivity contribution in [1.82, 2.24) is 0 Å². The Balaban J connectivity index is 1.52. The number of allylic oxidation sites excluding steroid dienone is 4. The fraction of sp³-hybridized carbons (Fsp3) is 0.862. The summed E-state index contributed by atoms with van der Waals surface area (Å²) in [6, 6.07) is 0. The van der Waals surface area contributed by atoms with Gasteiger partial charge in [-0.3, -0.25) is 0 Å². The van der Waals surface area contributed by atoms with E-state index in [1.165, 1.54) is 64.2 Å². The number of hydrogen-bond donors (Lipinski definition) is 0. The highest BCUT2D eigenvalue weighted by atomic mass is 14.6. The third kappa shape index (κ3) is 3.59. The summed E-state index contributed by atoms with van der Waals surface area (Å²) in [5, 5.41) is 0. The van der Waals surface area contributed by atoms with E-state index in [0.29, 0.717) is 10.8 Å². The molecule has 0 nitrogen and oxygen atoms in total. The summed E-state index contributed by atoms with van der Waals surface area (Å²) in [5.74, 6) is 6.10. The van der Waals surface area contributed by atoms with Gasteiger partial charge in [0.05, 0.1) is 0 Å². The molecule has 0 saturated heterocycles. The van der Waals surface area contributed by atoms with Crippen molar-refractivity contribution in [2.45, 2.75) is 106 Å². The van der Waals surface area contributed by atoms with Gasteiger partial charge in [-0.1, -0.05) is 71.8 Å². The highest BCUT2D eigenvalue weighted by Gasteiger charge is 2.58. The van der Waals surface area contributed by atoms with Gasteiger partial charge in [-0.15, -0.1) is 0 Å². The summed E-state index contributed by atoms with van der Waals surface area (Å²) in [6.45, 7) is 15.0. The van der Waals surface area contributed by atoms with Gasteiger partial charge in [-0.2, -0.15) is 0 Å². The molecule has 0 aliphatic heterocycles. The molecule has 0 heteroatoms. The maximum absolute atomic E-state index is 2.73. The summed E-state index contributed by atoms with van der Waals surface area (Å²) >= 11 is 0. The molecule has 0 aromatic carbocycles. The lowest BCUT2D eigenvalue weighted by molar-refractivity contribution is -0.0462. The molecule has 0 aromatic rings. The Morgan fingerprint density at radius 3 is 2.52 bits per heavy atom. The molecule has 8 unspecified atom stereocenters. The van der Waals surface area contributed by atoms with Crippen molar-refractivity contribution in [2.75, 3.05) is 0 Å². The maximum atomic E-state index is 2.73. The smallest absolute Gasteiger partial charge is 0.00853 e. The van der Waals surface area contributed by atoms with Crippen LogP contribution in [0.3, 0.4) is 0 Å². The van der Waals surface area contributed by atoms with E-state index in [1.54, 1.807) is 0 Å². The first-order chi connectivity index (χ1) is 13.8. The first-order valence-corrected chi connectivity index (χ1v) is 13.2. The molecule has 0 N–H and O–H groups in total. The summed E-state index contributed by atoms with van der Waals surface area (Å²) in [6.07, 6.45) is 22.4. The molecule has 4 aliphatic carbocycles. The van der Waals surface area contributed by atoms with Crippen molar-refractivity contribution in [1.29, 1.82) is 0 Å². The minimum Gasteiger partial charge on any atom is -0.0851 e. The Labute approximate surface area is 182 Å². The van der Waals surface area contributed by atoms with Crippen molar-refractivity contribution in [3.63, 3.8) is 0 Å². The Hall–Kier alpha value is -0.520. The zero-order valence-electron chi connectivity index (χ0n) is 20.3. The molecule has 0 spiro atoms. The Kier molecular flexibility index (Phi) is 6.14. The molecular formula is C29H48. The Morgan fingerprint density at radius 1 is 1.00 bits per heavy atom. The monoisotopic (exact) mass is 396 g/mol. The van der Waals surface area contributed by atoms with Crippen LogP contribution >= 0.6 is 0 Å². The van der Waals surface area contributed by atoms with E-state index in [-0.39, 0.29) is 0 Å². The molecule has 0 heterocycles. The van der Waals surface area contributed by atoms with Gasteiger partial charge < -0.3 is 0 Å². The highest BCUT2D eigenvalue weighted by Crippen LogP contribution is 2.67. The first-order valence-electron chi connectivity index (χ1n) is 13.2. The molecule has 29 heavy (non-hydrogen) atoms. The lowest BCUT2D eigenvalue weighted by Gasteiger charge is -2.58. The van der Waals surface area contributed by atoms with E-state index in [1.807, 2.05) is 5.57 Å². The van der Waals surface area contributed by atoms with Gasteiger partial charge in [0.2, 0.25) is 0 Å². The van der Waals surface area contributed by atoms with Crippen molar-refractivity contribution in [2.24, 2.45) is 52.3 Å². The van der Waals surface area contributed by atoms with Crippen molar-refractivity contribution < 1.29 is 0 Å². The van der Waals surface area contributed by atoms with E-state index < -0.39 is 0 Å². The van der Waals surface area contributed by atoms with Crippen LogP contribution in [0.4, 0.5) is 0 Å². The third-order valence-corrected chi connectivity index (χ3v) is 10.7. The van der Waals surface area contributed by atoms with Crippen LogP contribution in [0.1, 0.15) is 106 Å². The molecule has 0 radical (unpaired) electrons. The van der Waals surface area contributed by atoms with Gasteiger partial charge in [0.15, 0.2) is 0 Å². The van der Waals surface area contributed by atoms with E-state index in [9.17, 15) is 0 Å². The molecule has 0 amide bonds. The van der Waals surface area contributed by atoms with Crippen LogP contribution in [0, 0.1) is 52.3 Å². The normalized spacial score (nSPS) is 44.2. The van der Waals surface area contributed by atoms with Gasteiger partial charge in [-0.25, -0.2) is 0 Å². The lowest BCUT2D eigenvalue weighted by Crippen LogP contribution is -2.49. The fourth-order valence-corrected chi connectivity index (χ4v) is 8.88. The predicted octanol–water partition coefficient (Wildman–Crippen LogP) is 8.83. The van der Waals surface area contributed by atoms with Gasteiger partial charge in [0.25, 0.3) is 0 Å². The largest absolute Gasteiger partial charge is 0.0851 e. The Bertz CT molecular complexity index is 638. The van der Waals surface area contributed by atoms with Crippen molar-refractivity contribution in [3.05, 3.63) is 23.8 Å². The summed E-state index contributed by atoms with van der Waals surface area (Å²) < 4.78 is 0. The number of hydrogen-bond acceptors (Lipinski definition) is 0. The second kappa shape index (κ2) is 8.20. The summed E-state index contributed by atoms with van der Waals surface area (Å²) in [4.78, 5) is 0. The zero-order valence-corrected chi connectivity index (χ0v) is 20.3. The van der Waals surface area contributed by atoms with Crippen LogP contribution in [0.15, 0.2) is 23.8 Å². The Morgan fingerprint density at radius 2 is 1.79 bits per heavy atom. The molecule has 164 valence electrons. The lowest BCUT2D eigenvalue weighted by atomic mass is 9.47. The van der Waals surface area contributed by atoms with Crippen LogP contribution in [-0.2, 0) is 0 Å². The minimum atomic E-state index is 0.553. The molecule has 0 aromatic heterocycles. The van der Waals surface area contributed by atoms with Crippen LogP contribution in [0.5, 0.6) is 0 Å². The topological polar surface area (TPSA) is 0 Å². The molecule has 3 fully saturated rings. The maximum Gasteiger partial charge on any atom is -0.00853 e. The van der Waals surface area contributed by atoms with Crippen molar-refractivity contribution >= 4 is 0 Å². The van der Waals surface area contributed by atoms with Crippen molar-refractivity contribution in [3.8, 4) is 0 Å². The van der Waals surface area contributed by atoms with Crippen LogP contribution < -0.4 is 0 Å². The average Bonchev–Trinajstić information content (AvgIpc) is 3.05.